The zero-order valence-corrected chi connectivity index (χ0v) is 14.1. The lowest BCUT2D eigenvalue weighted by molar-refractivity contribution is 0.693. The number of benzene rings is 1. The number of aryl methyl sites for hydroxylation is 4. The lowest BCUT2D eigenvalue weighted by Gasteiger charge is -2.20. The first-order valence-corrected chi connectivity index (χ1v) is 8.98. The van der Waals surface area contributed by atoms with Gasteiger partial charge in [-0.25, -0.2) is 0 Å². The summed E-state index contributed by atoms with van der Waals surface area (Å²) in [5, 5.41) is 3.56. The normalized spacial score (nSPS) is 15.2. The minimum absolute atomic E-state index is 0.349. The molecular weight excluding hydrogens is 274 g/mol. The predicted molar refractivity (Wildman–Crippen MR) is 92.4 cm³/mol. The average Bonchev–Trinajstić information content (AvgIpc) is 3.09. The second-order valence-electron chi connectivity index (χ2n) is 5.91. The zero-order chi connectivity index (χ0) is 14.8. The van der Waals surface area contributed by atoms with E-state index in [-0.39, 0.29) is 0 Å². The number of thiophene rings is 1. The smallest absolute Gasteiger partial charge is 0.0671 e. The molecule has 3 rings (SSSR count). The van der Waals surface area contributed by atoms with E-state index in [4.69, 9.17) is 0 Å². The van der Waals surface area contributed by atoms with Crippen LogP contribution >= 0.6 is 11.3 Å². The number of hydrogen-bond donors (Lipinski definition) is 1. The van der Waals surface area contributed by atoms with Crippen molar-refractivity contribution in [1.29, 1.82) is 0 Å². The summed E-state index contributed by atoms with van der Waals surface area (Å²) in [6.07, 6.45) is 6.11. The molecule has 0 saturated carbocycles. The lowest BCUT2D eigenvalue weighted by atomic mass is 9.94. The van der Waals surface area contributed by atoms with E-state index in [0.29, 0.717) is 6.04 Å². The van der Waals surface area contributed by atoms with E-state index in [1.165, 1.54) is 40.8 Å². The van der Waals surface area contributed by atoms with Crippen LogP contribution in [0.5, 0.6) is 0 Å². The van der Waals surface area contributed by atoms with Crippen LogP contribution in [-0.2, 0) is 25.7 Å². The Hall–Kier alpha value is -1.12. The SMILES string of the molecule is CCc1ccc(CC)c(C(NC)c2cc3c(s2)CCC3)c1. The third-order valence-corrected chi connectivity index (χ3v) is 5.95. The van der Waals surface area contributed by atoms with Gasteiger partial charge in [0.25, 0.3) is 0 Å². The summed E-state index contributed by atoms with van der Waals surface area (Å²) in [4.78, 5) is 3.11. The van der Waals surface area contributed by atoms with Gasteiger partial charge in [-0.05, 0) is 67.5 Å². The van der Waals surface area contributed by atoms with Crippen molar-refractivity contribution >= 4 is 11.3 Å². The van der Waals surface area contributed by atoms with Gasteiger partial charge < -0.3 is 5.32 Å². The van der Waals surface area contributed by atoms with Crippen LogP contribution in [0, 0.1) is 0 Å². The summed E-state index contributed by atoms with van der Waals surface area (Å²) >= 11 is 2.02. The Morgan fingerprint density at radius 2 is 2.00 bits per heavy atom. The van der Waals surface area contributed by atoms with Crippen molar-refractivity contribution in [2.24, 2.45) is 0 Å². The molecule has 1 aromatic heterocycles. The highest BCUT2D eigenvalue weighted by Gasteiger charge is 2.22. The molecule has 0 spiro atoms. The van der Waals surface area contributed by atoms with Crippen LogP contribution in [0.3, 0.4) is 0 Å². The summed E-state index contributed by atoms with van der Waals surface area (Å²) < 4.78 is 0. The Kier molecular flexibility index (Phi) is 4.46. The summed E-state index contributed by atoms with van der Waals surface area (Å²) in [5.74, 6) is 0. The molecule has 0 radical (unpaired) electrons. The molecule has 0 aliphatic heterocycles. The van der Waals surface area contributed by atoms with Crippen LogP contribution in [0.1, 0.15) is 58.3 Å². The number of fused-ring (bicyclic) bond motifs is 1. The molecule has 0 fully saturated rings. The fourth-order valence-electron chi connectivity index (χ4n) is 3.40. The maximum atomic E-state index is 3.56. The molecule has 1 aliphatic carbocycles. The quantitative estimate of drug-likeness (QED) is 0.846. The first-order valence-electron chi connectivity index (χ1n) is 8.17. The van der Waals surface area contributed by atoms with Gasteiger partial charge in [0.15, 0.2) is 0 Å². The molecule has 1 unspecified atom stereocenters. The first kappa shape index (κ1) is 14.8. The van der Waals surface area contributed by atoms with E-state index in [1.807, 2.05) is 11.3 Å². The third-order valence-electron chi connectivity index (χ3n) is 4.65. The summed E-state index contributed by atoms with van der Waals surface area (Å²) in [5.41, 5.74) is 5.98. The van der Waals surface area contributed by atoms with Crippen LogP contribution in [0.15, 0.2) is 24.3 Å². The van der Waals surface area contributed by atoms with Crippen molar-refractivity contribution in [2.75, 3.05) is 7.05 Å². The van der Waals surface area contributed by atoms with E-state index in [2.05, 4.69) is 50.5 Å². The Labute approximate surface area is 132 Å². The fraction of sp³-hybridized carbons (Fsp3) is 0.474. The third kappa shape index (κ3) is 2.79. The van der Waals surface area contributed by atoms with Crippen molar-refractivity contribution in [2.45, 2.75) is 52.0 Å². The zero-order valence-electron chi connectivity index (χ0n) is 13.3. The van der Waals surface area contributed by atoms with Crippen LogP contribution in [0.4, 0.5) is 0 Å². The second kappa shape index (κ2) is 6.33. The number of hydrogen-bond acceptors (Lipinski definition) is 2. The fourth-order valence-corrected chi connectivity index (χ4v) is 4.79. The molecule has 2 heteroatoms. The molecule has 1 nitrogen and oxygen atoms in total. The highest BCUT2D eigenvalue weighted by Crippen LogP contribution is 2.37. The molecule has 1 aliphatic rings. The first-order chi connectivity index (χ1) is 10.3. The predicted octanol–water partition coefficient (Wildman–Crippen LogP) is 4.67. The monoisotopic (exact) mass is 299 g/mol. The topological polar surface area (TPSA) is 12.0 Å². The van der Waals surface area contributed by atoms with Crippen LogP contribution in [0.25, 0.3) is 0 Å². The van der Waals surface area contributed by atoms with Crippen molar-refractivity contribution in [3.63, 3.8) is 0 Å². The molecule has 0 saturated heterocycles. The Bertz CT molecular complexity index is 605. The minimum Gasteiger partial charge on any atom is -0.309 e. The number of nitrogens with one attached hydrogen (secondary N) is 1. The highest BCUT2D eigenvalue weighted by molar-refractivity contribution is 7.12. The molecule has 1 heterocycles. The van der Waals surface area contributed by atoms with Crippen LogP contribution < -0.4 is 5.32 Å². The average molecular weight is 299 g/mol. The maximum Gasteiger partial charge on any atom is 0.0671 e. The van der Waals surface area contributed by atoms with Gasteiger partial charge in [0.2, 0.25) is 0 Å². The van der Waals surface area contributed by atoms with Gasteiger partial charge in [-0.15, -0.1) is 11.3 Å². The largest absolute Gasteiger partial charge is 0.309 e. The summed E-state index contributed by atoms with van der Waals surface area (Å²) in [7, 11) is 2.09. The molecule has 2 aromatic rings. The molecule has 0 amide bonds. The molecule has 0 bridgehead atoms. The van der Waals surface area contributed by atoms with Crippen molar-refractivity contribution < 1.29 is 0 Å². The molecule has 1 aromatic carbocycles. The van der Waals surface area contributed by atoms with E-state index in [9.17, 15) is 0 Å². The van der Waals surface area contributed by atoms with Gasteiger partial charge in [-0.3, -0.25) is 0 Å². The van der Waals surface area contributed by atoms with Gasteiger partial charge in [0, 0.05) is 9.75 Å². The van der Waals surface area contributed by atoms with Gasteiger partial charge in [-0.2, -0.15) is 0 Å². The maximum absolute atomic E-state index is 3.56. The Balaban J connectivity index is 2.02. The second-order valence-corrected chi connectivity index (χ2v) is 7.08. The lowest BCUT2D eigenvalue weighted by Crippen LogP contribution is -2.18. The van der Waals surface area contributed by atoms with Gasteiger partial charge in [0.1, 0.15) is 0 Å². The standard InChI is InChI=1S/C19H25NS/c1-4-13-9-10-14(5-2)16(11-13)19(20-3)18-12-15-7-6-8-17(15)21-18/h9-12,19-20H,4-8H2,1-3H3. The van der Waals surface area contributed by atoms with Gasteiger partial charge >= 0.3 is 0 Å². The van der Waals surface area contributed by atoms with Crippen molar-refractivity contribution in [3.05, 3.63) is 56.3 Å². The molecule has 112 valence electrons. The van der Waals surface area contributed by atoms with E-state index in [1.54, 1.807) is 10.4 Å². The summed E-state index contributed by atoms with van der Waals surface area (Å²) in [6.45, 7) is 4.49. The molecule has 21 heavy (non-hydrogen) atoms. The van der Waals surface area contributed by atoms with E-state index < -0.39 is 0 Å². The highest BCUT2D eigenvalue weighted by atomic mass is 32.1. The van der Waals surface area contributed by atoms with Crippen LogP contribution in [-0.4, -0.2) is 7.05 Å². The summed E-state index contributed by atoms with van der Waals surface area (Å²) in [6, 6.07) is 9.81. The Morgan fingerprint density at radius 1 is 1.14 bits per heavy atom. The van der Waals surface area contributed by atoms with Gasteiger partial charge in [-0.1, -0.05) is 32.0 Å². The molecular formula is C19H25NS. The van der Waals surface area contributed by atoms with Crippen molar-refractivity contribution in [3.8, 4) is 0 Å². The number of rotatable bonds is 5. The molecule has 1 N–H and O–H groups in total. The van der Waals surface area contributed by atoms with E-state index in [0.717, 1.165) is 12.8 Å². The Morgan fingerprint density at radius 3 is 2.67 bits per heavy atom. The van der Waals surface area contributed by atoms with Crippen LogP contribution in [0.2, 0.25) is 0 Å². The molecule has 1 atom stereocenters. The van der Waals surface area contributed by atoms with Crippen molar-refractivity contribution in [1.82, 2.24) is 5.32 Å². The minimum atomic E-state index is 0.349. The van der Waals surface area contributed by atoms with E-state index >= 15 is 0 Å². The van der Waals surface area contributed by atoms with Gasteiger partial charge in [0.05, 0.1) is 6.04 Å².